The van der Waals surface area contributed by atoms with E-state index in [1.54, 1.807) is 12.3 Å². The summed E-state index contributed by atoms with van der Waals surface area (Å²) in [6.07, 6.45) is 5.57. The van der Waals surface area contributed by atoms with E-state index in [1.807, 2.05) is 6.07 Å². The van der Waals surface area contributed by atoms with E-state index in [-0.39, 0.29) is 0 Å². The fourth-order valence-corrected chi connectivity index (χ4v) is 0.750. The number of aromatic nitrogens is 3. The first-order chi connectivity index (χ1) is 5.47. The van der Waals surface area contributed by atoms with Crippen molar-refractivity contribution >= 4 is 0 Å². The highest BCUT2D eigenvalue weighted by atomic mass is 16.5. The molecule has 2 aromatic heterocycles. The highest BCUT2D eigenvalue weighted by Gasteiger charge is 1.99. The summed E-state index contributed by atoms with van der Waals surface area (Å²) in [6.45, 7) is 0. The van der Waals surface area contributed by atoms with Crippen LogP contribution in [0.3, 0.4) is 0 Å². The van der Waals surface area contributed by atoms with Gasteiger partial charge in [0.15, 0.2) is 0 Å². The van der Waals surface area contributed by atoms with Crippen molar-refractivity contribution in [1.82, 2.24) is 15.1 Å². The maximum Gasteiger partial charge on any atom is 0.214 e. The molecule has 0 aliphatic heterocycles. The van der Waals surface area contributed by atoms with Crippen molar-refractivity contribution in [3.8, 4) is 11.4 Å². The summed E-state index contributed by atoms with van der Waals surface area (Å²) in [5, 5.41) is 3.65. The van der Waals surface area contributed by atoms with E-state index in [0.717, 1.165) is 5.56 Å². The second kappa shape index (κ2) is 2.49. The van der Waals surface area contributed by atoms with Crippen LogP contribution in [0, 0.1) is 6.20 Å². The number of pyridine rings is 1. The molecule has 2 aromatic rings. The van der Waals surface area contributed by atoms with E-state index in [2.05, 4.69) is 25.8 Å². The minimum atomic E-state index is 0.548. The molecule has 1 radical (unpaired) electrons. The Morgan fingerprint density at radius 3 is 3.09 bits per heavy atom. The van der Waals surface area contributed by atoms with Gasteiger partial charge in [0.2, 0.25) is 12.2 Å². The van der Waals surface area contributed by atoms with E-state index in [9.17, 15) is 0 Å². The molecule has 0 saturated carbocycles. The predicted octanol–water partition coefficient (Wildman–Crippen LogP) is 0.932. The van der Waals surface area contributed by atoms with Crippen LogP contribution in [-0.2, 0) is 0 Å². The molecule has 0 amide bonds. The van der Waals surface area contributed by atoms with Gasteiger partial charge >= 0.3 is 0 Å². The lowest BCUT2D eigenvalue weighted by molar-refractivity contribution is 0.418. The van der Waals surface area contributed by atoms with Gasteiger partial charge in [0.25, 0.3) is 0 Å². The molecular formula is C7H4N3O. The van der Waals surface area contributed by atoms with Gasteiger partial charge in [0.1, 0.15) is 0 Å². The van der Waals surface area contributed by atoms with Gasteiger partial charge in [0, 0.05) is 11.8 Å². The third kappa shape index (κ3) is 1.10. The van der Waals surface area contributed by atoms with Crippen LogP contribution in [0.4, 0.5) is 0 Å². The first-order valence-corrected chi connectivity index (χ1v) is 3.05. The molecule has 0 bridgehead atoms. The maximum absolute atomic E-state index is 4.57. The molecule has 0 aliphatic carbocycles. The first kappa shape index (κ1) is 6.03. The molecule has 0 fully saturated rings. The van der Waals surface area contributed by atoms with Crippen LogP contribution < -0.4 is 0 Å². The van der Waals surface area contributed by atoms with Gasteiger partial charge in [-0.15, -0.1) is 0 Å². The summed E-state index contributed by atoms with van der Waals surface area (Å²) >= 11 is 0. The Bertz CT molecular complexity index is 317. The zero-order valence-corrected chi connectivity index (χ0v) is 5.56. The zero-order valence-electron chi connectivity index (χ0n) is 5.56. The Morgan fingerprint density at radius 2 is 2.45 bits per heavy atom. The standard InChI is InChI=1S/C7H4N3O/c1-2-6(4-8-3-1)7-9-5-11-10-7/h1-2,4-5H. The van der Waals surface area contributed by atoms with E-state index >= 15 is 0 Å². The Kier molecular flexibility index (Phi) is 1.37. The summed E-state index contributed by atoms with van der Waals surface area (Å²) < 4.78 is 4.57. The third-order valence-electron chi connectivity index (χ3n) is 1.24. The second-order valence-corrected chi connectivity index (χ2v) is 1.93. The van der Waals surface area contributed by atoms with Crippen LogP contribution in [0.1, 0.15) is 0 Å². The largest absolute Gasteiger partial charge is 0.342 e. The van der Waals surface area contributed by atoms with Gasteiger partial charge in [-0.3, -0.25) is 4.98 Å². The van der Waals surface area contributed by atoms with Crippen LogP contribution in [0.2, 0.25) is 0 Å². The lowest BCUT2D eigenvalue weighted by Gasteiger charge is -1.88. The van der Waals surface area contributed by atoms with Crippen molar-refractivity contribution < 1.29 is 4.52 Å². The van der Waals surface area contributed by atoms with Gasteiger partial charge in [-0.25, -0.2) is 0 Å². The Balaban J connectivity index is 2.46. The van der Waals surface area contributed by atoms with E-state index in [0.29, 0.717) is 5.82 Å². The van der Waals surface area contributed by atoms with Crippen molar-refractivity contribution in [1.29, 1.82) is 0 Å². The fourth-order valence-electron chi connectivity index (χ4n) is 0.750. The molecule has 11 heavy (non-hydrogen) atoms. The highest BCUT2D eigenvalue weighted by molar-refractivity contribution is 5.51. The molecule has 2 rings (SSSR count). The minimum Gasteiger partial charge on any atom is -0.342 e. The van der Waals surface area contributed by atoms with E-state index < -0.39 is 0 Å². The van der Waals surface area contributed by atoms with Crippen molar-refractivity contribution in [2.24, 2.45) is 0 Å². The fraction of sp³-hybridized carbons (Fsp3) is 0. The molecule has 0 atom stereocenters. The first-order valence-electron chi connectivity index (χ1n) is 3.05. The maximum atomic E-state index is 4.57. The quantitative estimate of drug-likeness (QED) is 0.600. The zero-order chi connectivity index (χ0) is 7.52. The van der Waals surface area contributed by atoms with E-state index in [1.165, 1.54) is 6.39 Å². The number of hydrogen-bond donors (Lipinski definition) is 0. The van der Waals surface area contributed by atoms with Crippen LogP contribution in [0.25, 0.3) is 11.4 Å². The van der Waals surface area contributed by atoms with Gasteiger partial charge in [-0.05, 0) is 12.1 Å². The lowest BCUT2D eigenvalue weighted by atomic mass is 10.3. The van der Waals surface area contributed by atoms with Crippen molar-refractivity contribution in [2.45, 2.75) is 0 Å². The second-order valence-electron chi connectivity index (χ2n) is 1.93. The molecule has 53 valence electrons. The number of nitrogens with zero attached hydrogens (tertiary/aromatic N) is 3. The van der Waals surface area contributed by atoms with Gasteiger partial charge < -0.3 is 4.52 Å². The molecule has 4 heteroatoms. The SMILES string of the molecule is [c]1ccc(-c2ncon2)cn1. The molecule has 2 heterocycles. The Morgan fingerprint density at radius 1 is 1.45 bits per heavy atom. The van der Waals surface area contributed by atoms with Crippen molar-refractivity contribution in [2.75, 3.05) is 0 Å². The Hall–Kier alpha value is -1.71. The molecule has 0 saturated heterocycles. The third-order valence-corrected chi connectivity index (χ3v) is 1.24. The average molecular weight is 146 g/mol. The van der Waals surface area contributed by atoms with Crippen LogP contribution >= 0.6 is 0 Å². The summed E-state index contributed by atoms with van der Waals surface area (Å²) in [5.74, 6) is 0.548. The topological polar surface area (TPSA) is 51.8 Å². The summed E-state index contributed by atoms with van der Waals surface area (Å²) in [7, 11) is 0. The summed E-state index contributed by atoms with van der Waals surface area (Å²) in [4.78, 5) is 7.65. The highest BCUT2D eigenvalue weighted by Crippen LogP contribution is 2.10. The number of hydrogen-bond acceptors (Lipinski definition) is 4. The monoisotopic (exact) mass is 146 g/mol. The molecule has 0 N–H and O–H groups in total. The molecule has 0 aliphatic rings. The average Bonchev–Trinajstić information content (AvgIpc) is 2.58. The van der Waals surface area contributed by atoms with Gasteiger partial charge in [-0.1, -0.05) is 5.16 Å². The van der Waals surface area contributed by atoms with Crippen LogP contribution in [0.5, 0.6) is 0 Å². The molecular weight excluding hydrogens is 142 g/mol. The van der Waals surface area contributed by atoms with Gasteiger partial charge in [0.05, 0.1) is 6.20 Å². The summed E-state index contributed by atoms with van der Waals surface area (Å²) in [5.41, 5.74) is 0.831. The normalized spacial score (nSPS) is 9.82. The van der Waals surface area contributed by atoms with Crippen LogP contribution in [0.15, 0.2) is 29.2 Å². The predicted molar refractivity (Wildman–Crippen MR) is 36.4 cm³/mol. The molecule has 0 aromatic carbocycles. The number of rotatable bonds is 1. The van der Waals surface area contributed by atoms with E-state index in [4.69, 9.17) is 0 Å². The lowest BCUT2D eigenvalue weighted by Crippen LogP contribution is -1.80. The molecule has 4 nitrogen and oxygen atoms in total. The van der Waals surface area contributed by atoms with Crippen molar-refractivity contribution in [3.05, 3.63) is 30.9 Å². The van der Waals surface area contributed by atoms with Crippen LogP contribution in [-0.4, -0.2) is 15.1 Å². The minimum absolute atomic E-state index is 0.548. The van der Waals surface area contributed by atoms with Gasteiger partial charge in [-0.2, -0.15) is 4.98 Å². The van der Waals surface area contributed by atoms with Crippen molar-refractivity contribution in [3.63, 3.8) is 0 Å². The Labute approximate surface area is 62.9 Å². The summed E-state index contributed by atoms with van der Waals surface area (Å²) in [6, 6.07) is 3.52. The molecule has 0 spiro atoms. The molecule has 0 unspecified atom stereocenters. The smallest absolute Gasteiger partial charge is 0.214 e.